The average Bonchev–Trinajstić information content (AvgIpc) is 2.95. The molecule has 0 saturated heterocycles. The Balaban J connectivity index is 1.54. The monoisotopic (exact) mass is 237 g/mol. The highest BCUT2D eigenvalue weighted by Gasteiger charge is 2.41. The minimum Gasteiger partial charge on any atom is -0.314 e. The first-order valence-corrected chi connectivity index (χ1v) is 8.04. The van der Waals surface area contributed by atoms with Gasteiger partial charge in [-0.1, -0.05) is 39.0 Å². The van der Waals surface area contributed by atoms with Crippen molar-refractivity contribution in [2.45, 2.75) is 77.7 Å². The van der Waals surface area contributed by atoms with Crippen LogP contribution < -0.4 is 5.32 Å². The smallest absolute Gasteiger partial charge is 0.00697 e. The van der Waals surface area contributed by atoms with Crippen molar-refractivity contribution in [3.63, 3.8) is 0 Å². The molecule has 2 bridgehead atoms. The molecule has 0 aliphatic heterocycles. The van der Waals surface area contributed by atoms with Crippen LogP contribution in [0.5, 0.6) is 0 Å². The number of rotatable bonds is 8. The van der Waals surface area contributed by atoms with Crippen molar-refractivity contribution in [1.82, 2.24) is 5.32 Å². The van der Waals surface area contributed by atoms with E-state index in [1.165, 1.54) is 57.9 Å². The minimum absolute atomic E-state index is 0.775. The fourth-order valence-electron chi connectivity index (χ4n) is 4.12. The second kappa shape index (κ2) is 6.78. The van der Waals surface area contributed by atoms with Gasteiger partial charge in [0.1, 0.15) is 0 Å². The van der Waals surface area contributed by atoms with Crippen LogP contribution in [0.1, 0.15) is 71.6 Å². The Hall–Kier alpha value is -0.0400. The van der Waals surface area contributed by atoms with Crippen LogP contribution in [0.3, 0.4) is 0 Å². The fraction of sp³-hybridized carbons (Fsp3) is 1.00. The van der Waals surface area contributed by atoms with E-state index >= 15 is 0 Å². The van der Waals surface area contributed by atoms with E-state index in [0.29, 0.717) is 0 Å². The van der Waals surface area contributed by atoms with Crippen molar-refractivity contribution < 1.29 is 0 Å². The predicted octanol–water partition coefficient (Wildman–Crippen LogP) is 4.37. The van der Waals surface area contributed by atoms with Gasteiger partial charge in [-0.15, -0.1) is 0 Å². The Bertz CT molecular complexity index is 214. The van der Waals surface area contributed by atoms with E-state index in [4.69, 9.17) is 0 Å². The third-order valence-corrected chi connectivity index (χ3v) is 5.18. The van der Waals surface area contributed by atoms with E-state index in [-0.39, 0.29) is 0 Å². The molecule has 0 spiro atoms. The summed E-state index contributed by atoms with van der Waals surface area (Å²) in [4.78, 5) is 0. The summed E-state index contributed by atoms with van der Waals surface area (Å²) in [6.45, 7) is 5.96. The molecule has 4 unspecified atom stereocenters. The summed E-state index contributed by atoms with van der Waals surface area (Å²) in [5.41, 5.74) is 0. The van der Waals surface area contributed by atoms with Crippen LogP contribution in [0.4, 0.5) is 0 Å². The summed E-state index contributed by atoms with van der Waals surface area (Å²) in [7, 11) is 0. The minimum atomic E-state index is 0.775. The van der Waals surface area contributed by atoms with E-state index in [1.807, 2.05) is 0 Å². The lowest BCUT2D eigenvalue weighted by Crippen LogP contribution is -2.36. The van der Waals surface area contributed by atoms with E-state index < -0.39 is 0 Å². The maximum atomic E-state index is 3.79. The highest BCUT2D eigenvalue weighted by molar-refractivity contribution is 4.93. The van der Waals surface area contributed by atoms with Gasteiger partial charge in [-0.3, -0.25) is 0 Å². The Labute approximate surface area is 108 Å². The summed E-state index contributed by atoms with van der Waals surface area (Å²) in [5, 5.41) is 3.79. The van der Waals surface area contributed by atoms with Crippen LogP contribution in [0.25, 0.3) is 0 Å². The number of hydrogen-bond acceptors (Lipinski definition) is 1. The first kappa shape index (κ1) is 13.4. The van der Waals surface area contributed by atoms with Crippen LogP contribution >= 0.6 is 0 Å². The molecule has 1 N–H and O–H groups in total. The molecule has 4 atom stereocenters. The van der Waals surface area contributed by atoms with E-state index in [1.54, 1.807) is 6.42 Å². The van der Waals surface area contributed by atoms with Crippen molar-refractivity contribution >= 4 is 0 Å². The quantitative estimate of drug-likeness (QED) is 0.618. The molecule has 1 heteroatoms. The number of nitrogens with one attached hydrogen (secondary N) is 1. The molecule has 0 aromatic carbocycles. The molecule has 2 fully saturated rings. The second-order valence-corrected chi connectivity index (χ2v) is 6.50. The highest BCUT2D eigenvalue weighted by atomic mass is 14.9. The molecule has 2 saturated carbocycles. The normalized spacial score (nSPS) is 33.2. The van der Waals surface area contributed by atoms with Crippen LogP contribution in [-0.4, -0.2) is 12.6 Å². The lowest BCUT2D eigenvalue weighted by atomic mass is 9.84. The van der Waals surface area contributed by atoms with E-state index in [9.17, 15) is 0 Å². The number of fused-ring (bicyclic) bond motifs is 2. The summed E-state index contributed by atoms with van der Waals surface area (Å²) >= 11 is 0. The first-order chi connectivity index (χ1) is 8.31. The number of hydrogen-bond donors (Lipinski definition) is 1. The molecule has 2 rings (SSSR count). The molecule has 0 radical (unpaired) electrons. The molecule has 2 aliphatic carbocycles. The highest BCUT2D eigenvalue weighted by Crippen LogP contribution is 2.49. The Morgan fingerprint density at radius 1 is 1.06 bits per heavy atom. The van der Waals surface area contributed by atoms with Crippen LogP contribution in [-0.2, 0) is 0 Å². The first-order valence-electron chi connectivity index (χ1n) is 8.04. The molecule has 17 heavy (non-hydrogen) atoms. The van der Waals surface area contributed by atoms with Crippen LogP contribution in [0, 0.1) is 17.8 Å². The summed E-state index contributed by atoms with van der Waals surface area (Å²) < 4.78 is 0. The summed E-state index contributed by atoms with van der Waals surface area (Å²) in [5.74, 6) is 3.17. The Morgan fingerprint density at radius 3 is 2.53 bits per heavy atom. The topological polar surface area (TPSA) is 12.0 Å². The van der Waals surface area contributed by atoms with Gasteiger partial charge in [0.2, 0.25) is 0 Å². The largest absolute Gasteiger partial charge is 0.314 e. The van der Waals surface area contributed by atoms with Gasteiger partial charge >= 0.3 is 0 Å². The summed E-state index contributed by atoms with van der Waals surface area (Å²) in [6, 6.07) is 0.775. The Morgan fingerprint density at radius 2 is 1.88 bits per heavy atom. The summed E-state index contributed by atoms with van der Waals surface area (Å²) in [6.07, 6.45) is 13.1. The zero-order valence-corrected chi connectivity index (χ0v) is 11.9. The van der Waals surface area contributed by atoms with E-state index in [0.717, 1.165) is 23.8 Å². The van der Waals surface area contributed by atoms with Crippen molar-refractivity contribution in [3.8, 4) is 0 Å². The van der Waals surface area contributed by atoms with Gasteiger partial charge in [-0.25, -0.2) is 0 Å². The van der Waals surface area contributed by atoms with Gasteiger partial charge in [-0.2, -0.15) is 0 Å². The number of unbranched alkanes of at least 4 members (excludes halogenated alkanes) is 4. The maximum absolute atomic E-state index is 3.79. The zero-order chi connectivity index (χ0) is 12.1. The SMILES string of the molecule is CCCCCCCNC(C)C1CC2CCC1C2. The molecule has 0 aromatic heterocycles. The molecule has 0 aromatic rings. The van der Waals surface area contributed by atoms with Gasteiger partial charge in [0.05, 0.1) is 0 Å². The van der Waals surface area contributed by atoms with Gasteiger partial charge in [0.15, 0.2) is 0 Å². The third-order valence-electron chi connectivity index (χ3n) is 5.18. The maximum Gasteiger partial charge on any atom is 0.00697 e. The third kappa shape index (κ3) is 3.71. The lowest BCUT2D eigenvalue weighted by molar-refractivity contribution is 0.260. The van der Waals surface area contributed by atoms with Gasteiger partial charge in [0, 0.05) is 6.04 Å². The molecule has 1 nitrogen and oxygen atoms in total. The van der Waals surface area contributed by atoms with Crippen molar-refractivity contribution in [3.05, 3.63) is 0 Å². The standard InChI is InChI=1S/C16H31N/c1-3-4-5-6-7-10-17-13(2)16-12-14-8-9-15(16)11-14/h13-17H,3-12H2,1-2H3. The fourth-order valence-corrected chi connectivity index (χ4v) is 4.12. The molecular weight excluding hydrogens is 206 g/mol. The van der Waals surface area contributed by atoms with Crippen molar-refractivity contribution in [2.24, 2.45) is 17.8 Å². The predicted molar refractivity (Wildman–Crippen MR) is 75.2 cm³/mol. The van der Waals surface area contributed by atoms with Gasteiger partial charge in [0.25, 0.3) is 0 Å². The van der Waals surface area contributed by atoms with Crippen molar-refractivity contribution in [1.29, 1.82) is 0 Å². The van der Waals surface area contributed by atoms with Crippen molar-refractivity contribution in [2.75, 3.05) is 6.54 Å². The van der Waals surface area contributed by atoms with Crippen LogP contribution in [0.2, 0.25) is 0 Å². The molecule has 100 valence electrons. The van der Waals surface area contributed by atoms with Crippen LogP contribution in [0.15, 0.2) is 0 Å². The molecule has 0 heterocycles. The van der Waals surface area contributed by atoms with Gasteiger partial charge < -0.3 is 5.32 Å². The average molecular weight is 237 g/mol. The lowest BCUT2D eigenvalue weighted by Gasteiger charge is -2.28. The molecule has 0 amide bonds. The second-order valence-electron chi connectivity index (χ2n) is 6.50. The Kier molecular flexibility index (Phi) is 5.34. The van der Waals surface area contributed by atoms with Gasteiger partial charge in [-0.05, 0) is 56.9 Å². The molecule has 2 aliphatic rings. The van der Waals surface area contributed by atoms with E-state index in [2.05, 4.69) is 19.2 Å². The molecular formula is C16H31N. The zero-order valence-electron chi connectivity index (χ0n) is 11.9.